The molecule has 0 bridgehead atoms. The van der Waals surface area contributed by atoms with Crippen LogP contribution in [0.2, 0.25) is 0 Å². The number of esters is 2. The van der Waals surface area contributed by atoms with Crippen molar-refractivity contribution in [3.05, 3.63) is 95.1 Å². The van der Waals surface area contributed by atoms with Crippen LogP contribution in [0.4, 0.5) is 11.4 Å². The summed E-state index contributed by atoms with van der Waals surface area (Å²) in [5, 5.41) is 5.93. The van der Waals surface area contributed by atoms with Gasteiger partial charge in [0, 0.05) is 12.2 Å². The lowest BCUT2D eigenvalue weighted by molar-refractivity contribution is -0.142. The molecule has 0 aliphatic carbocycles. The summed E-state index contributed by atoms with van der Waals surface area (Å²) in [7, 11) is 1.32. The van der Waals surface area contributed by atoms with E-state index in [1.54, 1.807) is 25.1 Å². The number of methoxy groups -OCH3 is 1. The number of hydrogen-bond donors (Lipinski definition) is 2. The molecule has 8 heteroatoms. The Morgan fingerprint density at radius 2 is 1.75 bits per heavy atom. The van der Waals surface area contributed by atoms with Gasteiger partial charge in [-0.05, 0) is 47.9 Å². The third kappa shape index (κ3) is 5.67. The highest BCUT2D eigenvalue weighted by molar-refractivity contribution is 6.24. The summed E-state index contributed by atoms with van der Waals surface area (Å²) in [6.07, 6.45) is 0. The van der Waals surface area contributed by atoms with Gasteiger partial charge >= 0.3 is 11.9 Å². The standard InChI is InChI=1S/C28H27N3O5/c1-3-36-24(32)17-29-16-18-9-12-21(13-10-18)30-26(19-7-5-4-6-8-19)25-22-14-11-20(28(34)35-2)15-23(22)31-27(25)33/h4-15,25,29H,3,16-17H2,1-2H3,(H,31,33). The lowest BCUT2D eigenvalue weighted by atomic mass is 9.90. The molecule has 0 spiro atoms. The highest BCUT2D eigenvalue weighted by Crippen LogP contribution is 2.37. The molecule has 1 atom stereocenters. The first-order valence-electron chi connectivity index (χ1n) is 11.6. The molecule has 3 aromatic carbocycles. The summed E-state index contributed by atoms with van der Waals surface area (Å²) < 4.78 is 9.72. The average Bonchev–Trinajstić information content (AvgIpc) is 3.23. The third-order valence-electron chi connectivity index (χ3n) is 5.74. The molecule has 36 heavy (non-hydrogen) atoms. The first-order valence-corrected chi connectivity index (χ1v) is 11.6. The van der Waals surface area contributed by atoms with Crippen LogP contribution < -0.4 is 10.6 Å². The Kier molecular flexibility index (Phi) is 7.87. The molecule has 1 heterocycles. The van der Waals surface area contributed by atoms with Crippen LogP contribution in [0.1, 0.15) is 39.9 Å². The molecule has 4 rings (SSSR count). The van der Waals surface area contributed by atoms with Gasteiger partial charge in [-0.15, -0.1) is 0 Å². The van der Waals surface area contributed by atoms with Crippen molar-refractivity contribution in [1.82, 2.24) is 5.32 Å². The molecule has 184 valence electrons. The van der Waals surface area contributed by atoms with E-state index in [-0.39, 0.29) is 18.4 Å². The van der Waals surface area contributed by atoms with Crippen molar-refractivity contribution in [2.45, 2.75) is 19.4 Å². The van der Waals surface area contributed by atoms with E-state index in [0.717, 1.165) is 16.7 Å². The van der Waals surface area contributed by atoms with Crippen LogP contribution in [0.5, 0.6) is 0 Å². The molecule has 8 nitrogen and oxygen atoms in total. The van der Waals surface area contributed by atoms with Crippen LogP contribution in [0.3, 0.4) is 0 Å². The maximum atomic E-state index is 13.1. The molecule has 1 aliphatic heterocycles. The van der Waals surface area contributed by atoms with Gasteiger partial charge in [0.1, 0.15) is 5.92 Å². The van der Waals surface area contributed by atoms with Crippen molar-refractivity contribution in [2.24, 2.45) is 4.99 Å². The van der Waals surface area contributed by atoms with Crippen molar-refractivity contribution < 1.29 is 23.9 Å². The van der Waals surface area contributed by atoms with E-state index in [4.69, 9.17) is 14.5 Å². The van der Waals surface area contributed by atoms with Gasteiger partial charge in [-0.25, -0.2) is 4.79 Å². The SMILES string of the molecule is CCOC(=O)CNCc1ccc(N=C(c2ccccc2)C2C(=O)Nc3cc(C(=O)OC)ccc32)cc1. The Hall–Kier alpha value is -4.30. The summed E-state index contributed by atoms with van der Waals surface area (Å²) in [5.74, 6) is -1.61. The fraction of sp³-hybridized carbons (Fsp3) is 0.214. The van der Waals surface area contributed by atoms with E-state index in [9.17, 15) is 14.4 Å². The zero-order valence-electron chi connectivity index (χ0n) is 20.1. The summed E-state index contributed by atoms with van der Waals surface area (Å²) in [6, 6.07) is 22.2. The zero-order chi connectivity index (χ0) is 25.5. The van der Waals surface area contributed by atoms with E-state index in [0.29, 0.717) is 35.8 Å². The molecule has 0 saturated carbocycles. The normalized spacial score (nSPS) is 14.7. The molecule has 1 amide bonds. The maximum absolute atomic E-state index is 13.1. The topological polar surface area (TPSA) is 106 Å². The van der Waals surface area contributed by atoms with Gasteiger partial charge in [0.15, 0.2) is 0 Å². The molecule has 3 aromatic rings. The minimum absolute atomic E-state index is 0.139. The van der Waals surface area contributed by atoms with E-state index < -0.39 is 11.9 Å². The van der Waals surface area contributed by atoms with Gasteiger partial charge in [0.25, 0.3) is 0 Å². The second kappa shape index (κ2) is 11.4. The summed E-state index contributed by atoms with van der Waals surface area (Å²) in [6.45, 7) is 2.77. The lowest BCUT2D eigenvalue weighted by Gasteiger charge is -2.14. The zero-order valence-corrected chi connectivity index (χ0v) is 20.1. The summed E-state index contributed by atoms with van der Waals surface area (Å²) in [5.41, 5.74) is 4.78. The quantitative estimate of drug-likeness (QED) is 0.351. The Morgan fingerprint density at radius 3 is 2.44 bits per heavy atom. The molecule has 0 fully saturated rings. The van der Waals surface area contributed by atoms with Gasteiger partial charge in [-0.2, -0.15) is 0 Å². The number of ether oxygens (including phenoxy) is 2. The highest BCUT2D eigenvalue weighted by atomic mass is 16.5. The number of carbonyl (C=O) groups is 3. The van der Waals surface area contributed by atoms with Crippen molar-refractivity contribution in [2.75, 3.05) is 25.6 Å². The molecule has 1 unspecified atom stereocenters. The minimum Gasteiger partial charge on any atom is -0.465 e. The molecule has 1 aliphatic rings. The Morgan fingerprint density at radius 1 is 1.00 bits per heavy atom. The van der Waals surface area contributed by atoms with Gasteiger partial charge in [-0.1, -0.05) is 48.5 Å². The predicted molar refractivity (Wildman–Crippen MR) is 137 cm³/mol. The number of anilines is 1. The Bertz CT molecular complexity index is 1290. The number of hydrogen-bond acceptors (Lipinski definition) is 7. The van der Waals surface area contributed by atoms with Crippen molar-refractivity contribution in [3.8, 4) is 0 Å². The summed E-state index contributed by atoms with van der Waals surface area (Å²) in [4.78, 5) is 41.4. The third-order valence-corrected chi connectivity index (χ3v) is 5.74. The number of nitrogens with one attached hydrogen (secondary N) is 2. The monoisotopic (exact) mass is 485 g/mol. The number of rotatable bonds is 9. The first kappa shape index (κ1) is 24.8. The van der Waals surface area contributed by atoms with Crippen LogP contribution >= 0.6 is 0 Å². The Balaban J connectivity index is 1.62. The second-order valence-corrected chi connectivity index (χ2v) is 8.15. The van der Waals surface area contributed by atoms with Gasteiger partial charge in [0.2, 0.25) is 5.91 Å². The minimum atomic E-state index is -0.639. The van der Waals surface area contributed by atoms with Gasteiger partial charge < -0.3 is 20.1 Å². The molecular weight excluding hydrogens is 458 g/mol. The van der Waals surface area contributed by atoms with Crippen LogP contribution in [0.15, 0.2) is 77.8 Å². The summed E-state index contributed by atoms with van der Waals surface area (Å²) >= 11 is 0. The predicted octanol–water partition coefficient (Wildman–Crippen LogP) is 3.98. The molecule has 2 N–H and O–H groups in total. The largest absolute Gasteiger partial charge is 0.465 e. The number of carbonyl (C=O) groups excluding carboxylic acids is 3. The molecule has 0 saturated heterocycles. The smallest absolute Gasteiger partial charge is 0.337 e. The average molecular weight is 486 g/mol. The first-order chi connectivity index (χ1) is 17.5. The van der Waals surface area contributed by atoms with Crippen LogP contribution in [-0.4, -0.2) is 43.8 Å². The number of benzene rings is 3. The lowest BCUT2D eigenvalue weighted by Crippen LogP contribution is -2.24. The highest BCUT2D eigenvalue weighted by Gasteiger charge is 2.36. The van der Waals surface area contributed by atoms with Crippen molar-refractivity contribution in [3.63, 3.8) is 0 Å². The number of aliphatic imine (C=N–C) groups is 1. The molecule has 0 aromatic heterocycles. The van der Waals surface area contributed by atoms with E-state index in [2.05, 4.69) is 10.6 Å². The number of fused-ring (bicyclic) bond motifs is 1. The van der Waals surface area contributed by atoms with Crippen molar-refractivity contribution >= 4 is 34.9 Å². The Labute approximate surface area is 209 Å². The van der Waals surface area contributed by atoms with Crippen LogP contribution in [0, 0.1) is 0 Å². The fourth-order valence-electron chi connectivity index (χ4n) is 4.03. The number of amides is 1. The second-order valence-electron chi connectivity index (χ2n) is 8.15. The van der Waals surface area contributed by atoms with Gasteiger partial charge in [0.05, 0.1) is 37.2 Å². The molecule has 0 radical (unpaired) electrons. The van der Waals surface area contributed by atoms with Crippen LogP contribution in [-0.2, 0) is 25.6 Å². The fourth-order valence-corrected chi connectivity index (χ4v) is 4.03. The van der Waals surface area contributed by atoms with Crippen molar-refractivity contribution in [1.29, 1.82) is 0 Å². The van der Waals surface area contributed by atoms with Gasteiger partial charge in [-0.3, -0.25) is 14.6 Å². The maximum Gasteiger partial charge on any atom is 0.337 e. The number of nitrogens with zero attached hydrogens (tertiary/aromatic N) is 1. The van der Waals surface area contributed by atoms with E-state index in [1.807, 2.05) is 54.6 Å². The molecular formula is C28H27N3O5. The van der Waals surface area contributed by atoms with E-state index >= 15 is 0 Å². The van der Waals surface area contributed by atoms with E-state index in [1.165, 1.54) is 7.11 Å². The van der Waals surface area contributed by atoms with Crippen LogP contribution in [0.25, 0.3) is 0 Å².